The molecule has 174 valence electrons. The van der Waals surface area contributed by atoms with Crippen LogP contribution in [0.15, 0.2) is 65.1 Å². The quantitative estimate of drug-likeness (QED) is 0.455. The highest BCUT2D eigenvalue weighted by molar-refractivity contribution is 9.10. The minimum absolute atomic E-state index is 0.0491. The minimum atomic E-state index is -0.819. The molecule has 1 N–H and O–H groups in total. The predicted octanol–water partition coefficient (Wildman–Crippen LogP) is 5.45. The standard InChI is InChI=1S/C26H28BrFN2O3/c1-17(25(32)29-26(2,3)4)30(15-19-10-6-8-12-21(19)28)23(31)16-33-22-14-13-18-9-5-7-11-20(18)24(22)27/h5-14,17H,15-16H2,1-4H3,(H,29,32)/t17-/m1/s1. The number of ether oxygens (including phenoxy) is 1. The van der Waals surface area contributed by atoms with Crippen LogP contribution < -0.4 is 10.1 Å². The first-order chi connectivity index (χ1) is 15.6. The molecule has 3 aromatic carbocycles. The number of fused-ring (bicyclic) bond motifs is 1. The van der Waals surface area contributed by atoms with E-state index in [0.29, 0.717) is 11.3 Å². The van der Waals surface area contributed by atoms with Crippen LogP contribution >= 0.6 is 15.9 Å². The van der Waals surface area contributed by atoms with Gasteiger partial charge in [-0.25, -0.2) is 4.39 Å². The van der Waals surface area contributed by atoms with Gasteiger partial charge in [-0.05, 0) is 66.5 Å². The molecule has 0 unspecified atom stereocenters. The second-order valence-corrected chi connectivity index (χ2v) is 9.71. The number of benzene rings is 3. The van der Waals surface area contributed by atoms with Gasteiger partial charge in [0, 0.05) is 17.6 Å². The fourth-order valence-electron chi connectivity index (χ4n) is 3.41. The fourth-order valence-corrected chi connectivity index (χ4v) is 4.02. The average Bonchev–Trinajstić information content (AvgIpc) is 2.76. The molecule has 0 saturated carbocycles. The molecule has 0 spiro atoms. The van der Waals surface area contributed by atoms with E-state index in [1.807, 2.05) is 51.1 Å². The lowest BCUT2D eigenvalue weighted by Gasteiger charge is -2.31. The second-order valence-electron chi connectivity index (χ2n) is 8.92. The van der Waals surface area contributed by atoms with Crippen molar-refractivity contribution in [1.82, 2.24) is 10.2 Å². The summed E-state index contributed by atoms with van der Waals surface area (Å²) in [6.45, 7) is 6.87. The third-order valence-electron chi connectivity index (χ3n) is 5.14. The van der Waals surface area contributed by atoms with Gasteiger partial charge in [-0.1, -0.05) is 48.5 Å². The number of nitrogens with one attached hydrogen (secondary N) is 1. The van der Waals surface area contributed by atoms with Gasteiger partial charge in [0.1, 0.15) is 17.6 Å². The number of amides is 2. The molecule has 3 aromatic rings. The Morgan fingerprint density at radius 2 is 1.73 bits per heavy atom. The topological polar surface area (TPSA) is 58.6 Å². The van der Waals surface area contributed by atoms with E-state index in [4.69, 9.17) is 4.74 Å². The summed E-state index contributed by atoms with van der Waals surface area (Å²) in [6.07, 6.45) is 0. The smallest absolute Gasteiger partial charge is 0.261 e. The summed E-state index contributed by atoms with van der Waals surface area (Å²) in [7, 11) is 0. The van der Waals surface area contributed by atoms with Gasteiger partial charge in [0.2, 0.25) is 5.91 Å². The van der Waals surface area contributed by atoms with Crippen molar-refractivity contribution in [3.63, 3.8) is 0 Å². The van der Waals surface area contributed by atoms with Gasteiger partial charge >= 0.3 is 0 Å². The zero-order chi connectivity index (χ0) is 24.2. The molecule has 0 radical (unpaired) electrons. The van der Waals surface area contributed by atoms with E-state index >= 15 is 0 Å². The van der Waals surface area contributed by atoms with Crippen LogP contribution in [-0.4, -0.2) is 34.9 Å². The molecular weight excluding hydrogens is 487 g/mol. The van der Waals surface area contributed by atoms with Gasteiger partial charge < -0.3 is 15.0 Å². The number of carbonyl (C=O) groups is 2. The number of hydrogen-bond acceptors (Lipinski definition) is 3. The van der Waals surface area contributed by atoms with E-state index in [1.54, 1.807) is 31.2 Å². The molecule has 0 heterocycles. The van der Waals surface area contributed by atoms with Crippen LogP contribution in [0.2, 0.25) is 0 Å². The first-order valence-corrected chi connectivity index (χ1v) is 11.5. The molecular formula is C26H28BrFN2O3. The second kappa shape index (κ2) is 10.3. The first-order valence-electron chi connectivity index (χ1n) is 10.7. The Hall–Kier alpha value is -2.93. The lowest BCUT2D eigenvalue weighted by atomic mass is 10.1. The van der Waals surface area contributed by atoms with Gasteiger partial charge in [-0.15, -0.1) is 0 Å². The summed E-state index contributed by atoms with van der Waals surface area (Å²) >= 11 is 3.55. The maximum Gasteiger partial charge on any atom is 0.261 e. The number of halogens is 2. The highest BCUT2D eigenvalue weighted by Crippen LogP contribution is 2.33. The van der Waals surface area contributed by atoms with Crippen LogP contribution in [0, 0.1) is 5.82 Å². The Labute approximate surface area is 202 Å². The van der Waals surface area contributed by atoms with Crippen molar-refractivity contribution in [2.75, 3.05) is 6.61 Å². The lowest BCUT2D eigenvalue weighted by Crippen LogP contribution is -2.53. The predicted molar refractivity (Wildman–Crippen MR) is 131 cm³/mol. The Balaban J connectivity index is 1.82. The van der Waals surface area contributed by atoms with Crippen molar-refractivity contribution in [3.05, 3.63) is 76.5 Å². The molecule has 0 saturated heterocycles. The molecule has 0 aromatic heterocycles. The monoisotopic (exact) mass is 514 g/mol. The average molecular weight is 515 g/mol. The molecule has 33 heavy (non-hydrogen) atoms. The Morgan fingerprint density at radius 3 is 2.42 bits per heavy atom. The summed E-state index contributed by atoms with van der Waals surface area (Å²) in [4.78, 5) is 27.4. The van der Waals surface area contributed by atoms with E-state index in [0.717, 1.165) is 15.2 Å². The summed E-state index contributed by atoms with van der Waals surface area (Å²) in [6, 6.07) is 16.9. The Kier molecular flexibility index (Phi) is 7.74. The number of hydrogen-bond donors (Lipinski definition) is 1. The van der Waals surface area contributed by atoms with Crippen molar-refractivity contribution in [2.45, 2.75) is 45.8 Å². The molecule has 0 aliphatic rings. The highest BCUT2D eigenvalue weighted by Gasteiger charge is 2.29. The molecule has 0 fully saturated rings. The number of rotatable bonds is 7. The maximum atomic E-state index is 14.3. The van der Waals surface area contributed by atoms with Gasteiger partial charge in [-0.2, -0.15) is 0 Å². The zero-order valence-electron chi connectivity index (χ0n) is 19.2. The highest BCUT2D eigenvalue weighted by atomic mass is 79.9. The van der Waals surface area contributed by atoms with Crippen LogP contribution in [0.25, 0.3) is 10.8 Å². The summed E-state index contributed by atoms with van der Waals surface area (Å²) in [5.74, 6) is -0.662. The zero-order valence-corrected chi connectivity index (χ0v) is 20.8. The van der Waals surface area contributed by atoms with Gasteiger partial charge in [0.25, 0.3) is 5.91 Å². The van der Waals surface area contributed by atoms with Crippen molar-refractivity contribution < 1.29 is 18.7 Å². The van der Waals surface area contributed by atoms with E-state index in [9.17, 15) is 14.0 Å². The summed E-state index contributed by atoms with van der Waals surface area (Å²) in [5, 5.41) is 4.88. The molecule has 3 rings (SSSR count). The SMILES string of the molecule is C[C@H](C(=O)NC(C)(C)C)N(Cc1ccccc1F)C(=O)COc1ccc2ccccc2c1Br. The number of nitrogens with zero attached hydrogens (tertiary/aromatic N) is 1. The fraction of sp³-hybridized carbons (Fsp3) is 0.308. The Morgan fingerprint density at radius 1 is 1.06 bits per heavy atom. The Bertz CT molecular complexity index is 1160. The van der Waals surface area contributed by atoms with Crippen molar-refractivity contribution in [2.24, 2.45) is 0 Å². The van der Waals surface area contributed by atoms with Gasteiger partial charge in [-0.3, -0.25) is 9.59 Å². The van der Waals surface area contributed by atoms with Crippen molar-refractivity contribution in [3.8, 4) is 5.75 Å². The van der Waals surface area contributed by atoms with E-state index < -0.39 is 23.3 Å². The van der Waals surface area contributed by atoms with Gasteiger partial charge in [0.15, 0.2) is 6.61 Å². The molecule has 0 aliphatic carbocycles. The van der Waals surface area contributed by atoms with Gasteiger partial charge in [0.05, 0.1) is 4.47 Å². The number of carbonyl (C=O) groups excluding carboxylic acids is 2. The van der Waals surface area contributed by atoms with Crippen LogP contribution in [0.3, 0.4) is 0 Å². The van der Waals surface area contributed by atoms with E-state index in [2.05, 4.69) is 21.2 Å². The van der Waals surface area contributed by atoms with Crippen LogP contribution in [0.4, 0.5) is 4.39 Å². The molecule has 0 bridgehead atoms. The molecule has 0 aliphatic heterocycles. The summed E-state index contributed by atoms with van der Waals surface area (Å²) < 4.78 is 20.9. The third-order valence-corrected chi connectivity index (χ3v) is 5.96. The van der Waals surface area contributed by atoms with E-state index in [1.165, 1.54) is 11.0 Å². The van der Waals surface area contributed by atoms with E-state index in [-0.39, 0.29) is 19.1 Å². The van der Waals surface area contributed by atoms with Crippen LogP contribution in [0.1, 0.15) is 33.3 Å². The normalized spacial score (nSPS) is 12.3. The first kappa shape index (κ1) is 24.7. The van der Waals surface area contributed by atoms with Crippen LogP contribution in [-0.2, 0) is 16.1 Å². The third kappa shape index (κ3) is 6.32. The maximum absolute atomic E-state index is 14.3. The van der Waals surface area contributed by atoms with Crippen LogP contribution in [0.5, 0.6) is 5.75 Å². The van der Waals surface area contributed by atoms with Crippen molar-refractivity contribution >= 4 is 38.5 Å². The minimum Gasteiger partial charge on any atom is -0.483 e. The molecule has 5 nitrogen and oxygen atoms in total. The largest absolute Gasteiger partial charge is 0.483 e. The molecule has 1 atom stereocenters. The summed E-state index contributed by atoms with van der Waals surface area (Å²) in [5.41, 5.74) is -0.141. The lowest BCUT2D eigenvalue weighted by molar-refractivity contribution is -0.142. The molecule has 7 heteroatoms. The molecule has 2 amide bonds. The van der Waals surface area contributed by atoms with Crippen molar-refractivity contribution in [1.29, 1.82) is 0 Å².